The van der Waals surface area contributed by atoms with Gasteiger partial charge >= 0.3 is 0 Å². The van der Waals surface area contributed by atoms with Crippen LogP contribution in [0.5, 0.6) is 5.75 Å². The van der Waals surface area contributed by atoms with E-state index < -0.39 is 11.6 Å². The number of halogens is 5. The van der Waals surface area contributed by atoms with Crippen LogP contribution in [0.2, 0.25) is 5.02 Å². The molecule has 0 bridgehead atoms. The molecule has 6 heteroatoms. The van der Waals surface area contributed by atoms with Gasteiger partial charge in [-0.3, -0.25) is 0 Å². The van der Waals surface area contributed by atoms with Crippen molar-refractivity contribution in [1.82, 2.24) is 0 Å². The molecule has 0 aliphatic rings. The highest BCUT2D eigenvalue weighted by Gasteiger charge is 2.14. The van der Waals surface area contributed by atoms with Crippen molar-refractivity contribution in [2.75, 3.05) is 0 Å². The average molecular weight is 382 g/mol. The molecule has 2 rings (SSSR count). The molecule has 0 saturated heterocycles. The minimum absolute atomic E-state index is 0.144. The normalized spacial score (nSPS) is 10.7. The maximum Gasteiger partial charge on any atom is 0.146 e. The third kappa shape index (κ3) is 3.43. The van der Waals surface area contributed by atoms with E-state index in [1.807, 2.05) is 0 Å². The highest BCUT2D eigenvalue weighted by molar-refractivity contribution is 9.10. The molecule has 0 fully saturated rings. The van der Waals surface area contributed by atoms with Crippen LogP contribution in [0.1, 0.15) is 11.1 Å². The molecule has 0 saturated carbocycles. The largest absolute Gasteiger partial charge is 0.488 e. The van der Waals surface area contributed by atoms with E-state index in [1.165, 1.54) is 12.1 Å². The molecular formula is C14H9BrCl2F2O. The van der Waals surface area contributed by atoms with Crippen LogP contribution in [-0.2, 0) is 12.5 Å². The lowest BCUT2D eigenvalue weighted by Crippen LogP contribution is -2.04. The molecule has 2 aromatic rings. The van der Waals surface area contributed by atoms with Gasteiger partial charge in [0.2, 0.25) is 0 Å². The maximum atomic E-state index is 13.8. The standard InChI is InChI=1S/C14H9BrCl2F2O/c15-11-2-3-12(18)10(14(11)19)7-20-13-4-1-9(17)5-8(13)6-16/h1-5H,6-7H2. The van der Waals surface area contributed by atoms with E-state index in [0.717, 1.165) is 0 Å². The van der Waals surface area contributed by atoms with Crippen molar-refractivity contribution in [3.63, 3.8) is 0 Å². The summed E-state index contributed by atoms with van der Waals surface area (Å²) in [6, 6.07) is 7.38. The quantitative estimate of drug-likeness (QED) is 0.487. The molecule has 2 aromatic carbocycles. The second kappa shape index (κ2) is 6.74. The Labute approximate surface area is 133 Å². The van der Waals surface area contributed by atoms with E-state index in [1.54, 1.807) is 18.2 Å². The summed E-state index contributed by atoms with van der Waals surface area (Å²) in [5.74, 6) is -0.694. The molecule has 1 nitrogen and oxygen atoms in total. The van der Waals surface area contributed by atoms with Gasteiger partial charge in [-0.25, -0.2) is 8.78 Å². The van der Waals surface area contributed by atoms with Crippen LogP contribution in [0, 0.1) is 11.6 Å². The van der Waals surface area contributed by atoms with Gasteiger partial charge < -0.3 is 4.74 Å². The van der Waals surface area contributed by atoms with Crippen LogP contribution >= 0.6 is 39.1 Å². The summed E-state index contributed by atoms with van der Waals surface area (Å²) in [7, 11) is 0. The fraction of sp³-hybridized carbons (Fsp3) is 0.143. The van der Waals surface area contributed by atoms with E-state index in [-0.39, 0.29) is 22.5 Å². The molecule has 0 N–H and O–H groups in total. The summed E-state index contributed by atoms with van der Waals surface area (Å²) in [6.45, 7) is -0.234. The molecule has 0 heterocycles. The van der Waals surface area contributed by atoms with Crippen LogP contribution in [0.4, 0.5) is 8.78 Å². The second-order valence-electron chi connectivity index (χ2n) is 4.00. The van der Waals surface area contributed by atoms with Crippen molar-refractivity contribution < 1.29 is 13.5 Å². The molecule has 0 aliphatic carbocycles. The molecule has 0 amide bonds. The first-order valence-corrected chi connectivity index (χ1v) is 7.33. The maximum absolute atomic E-state index is 13.8. The molecule has 20 heavy (non-hydrogen) atoms. The van der Waals surface area contributed by atoms with E-state index in [2.05, 4.69) is 15.9 Å². The summed E-state index contributed by atoms with van der Waals surface area (Å²) in [5, 5.41) is 0.521. The lowest BCUT2D eigenvalue weighted by Gasteiger charge is -2.12. The zero-order chi connectivity index (χ0) is 14.7. The van der Waals surface area contributed by atoms with Gasteiger partial charge in [0.15, 0.2) is 0 Å². The molecule has 0 atom stereocenters. The van der Waals surface area contributed by atoms with Gasteiger partial charge in [0.25, 0.3) is 0 Å². The van der Waals surface area contributed by atoms with Gasteiger partial charge in [0.1, 0.15) is 24.0 Å². The first-order chi connectivity index (χ1) is 9.52. The molecule has 0 unspecified atom stereocenters. The highest BCUT2D eigenvalue weighted by Crippen LogP contribution is 2.27. The number of alkyl halides is 1. The zero-order valence-corrected chi connectivity index (χ0v) is 13.2. The summed E-state index contributed by atoms with van der Waals surface area (Å²) < 4.78 is 33.0. The lowest BCUT2D eigenvalue weighted by atomic mass is 10.2. The van der Waals surface area contributed by atoms with Crippen LogP contribution < -0.4 is 4.74 Å². The molecule has 0 aromatic heterocycles. The van der Waals surface area contributed by atoms with Gasteiger partial charge in [-0.2, -0.15) is 0 Å². The Morgan fingerprint density at radius 1 is 1.15 bits per heavy atom. The van der Waals surface area contributed by atoms with Crippen molar-refractivity contribution in [1.29, 1.82) is 0 Å². The topological polar surface area (TPSA) is 9.23 Å². The predicted octanol–water partition coefficient (Wildman–Crippen LogP) is 5.70. The number of benzene rings is 2. The van der Waals surface area contributed by atoms with Crippen molar-refractivity contribution in [2.45, 2.75) is 12.5 Å². The second-order valence-corrected chi connectivity index (χ2v) is 5.55. The number of hydrogen-bond acceptors (Lipinski definition) is 1. The summed E-state index contributed by atoms with van der Waals surface area (Å²) in [5.41, 5.74) is 0.518. The van der Waals surface area contributed by atoms with Gasteiger partial charge in [-0.1, -0.05) is 11.6 Å². The molecule has 0 radical (unpaired) electrons. The van der Waals surface area contributed by atoms with Crippen LogP contribution in [0.25, 0.3) is 0 Å². The molecule has 0 aliphatic heterocycles. The fourth-order valence-electron chi connectivity index (χ4n) is 1.64. The first kappa shape index (κ1) is 15.5. The molecular weight excluding hydrogens is 373 g/mol. The molecule has 106 valence electrons. The summed E-state index contributed by atoms with van der Waals surface area (Å²) >= 11 is 14.6. The van der Waals surface area contributed by atoms with Crippen LogP contribution in [0.15, 0.2) is 34.8 Å². The average Bonchev–Trinajstić information content (AvgIpc) is 2.44. The van der Waals surface area contributed by atoms with Gasteiger partial charge in [-0.15, -0.1) is 11.6 Å². The van der Waals surface area contributed by atoms with Crippen molar-refractivity contribution in [3.8, 4) is 5.75 Å². The number of rotatable bonds is 4. The van der Waals surface area contributed by atoms with Gasteiger partial charge in [0.05, 0.1) is 15.9 Å². The smallest absolute Gasteiger partial charge is 0.146 e. The Morgan fingerprint density at radius 3 is 2.60 bits per heavy atom. The Kier molecular flexibility index (Phi) is 5.24. The third-order valence-corrected chi connectivity index (χ3v) is 3.81. The van der Waals surface area contributed by atoms with E-state index in [4.69, 9.17) is 27.9 Å². The van der Waals surface area contributed by atoms with Crippen LogP contribution in [0.3, 0.4) is 0 Å². The minimum Gasteiger partial charge on any atom is -0.488 e. The Bertz CT molecular complexity index is 635. The minimum atomic E-state index is -0.675. The Hall–Kier alpha value is -0.840. The SMILES string of the molecule is Fc1ccc(Br)c(F)c1COc1ccc(Cl)cc1CCl. The molecule has 0 spiro atoms. The van der Waals surface area contributed by atoms with E-state index in [0.29, 0.717) is 16.3 Å². The highest BCUT2D eigenvalue weighted by atomic mass is 79.9. The third-order valence-electron chi connectivity index (χ3n) is 2.68. The van der Waals surface area contributed by atoms with Crippen molar-refractivity contribution in [3.05, 3.63) is 62.6 Å². The van der Waals surface area contributed by atoms with Crippen molar-refractivity contribution >= 4 is 39.1 Å². The van der Waals surface area contributed by atoms with Gasteiger partial charge in [-0.05, 0) is 46.3 Å². The van der Waals surface area contributed by atoms with Crippen LogP contribution in [-0.4, -0.2) is 0 Å². The predicted molar refractivity (Wildman–Crippen MR) is 79.4 cm³/mol. The zero-order valence-electron chi connectivity index (χ0n) is 10.1. The summed E-state index contributed by atoms with van der Waals surface area (Å²) in [6.07, 6.45) is 0. The Balaban J connectivity index is 2.23. The van der Waals surface area contributed by atoms with Crippen molar-refractivity contribution in [2.24, 2.45) is 0 Å². The summed E-state index contributed by atoms with van der Waals surface area (Å²) in [4.78, 5) is 0. The number of hydrogen-bond donors (Lipinski definition) is 0. The first-order valence-electron chi connectivity index (χ1n) is 5.62. The van der Waals surface area contributed by atoms with E-state index in [9.17, 15) is 8.78 Å². The fourth-order valence-corrected chi connectivity index (χ4v) is 2.42. The Morgan fingerprint density at radius 2 is 1.90 bits per heavy atom. The monoisotopic (exact) mass is 380 g/mol. The van der Waals surface area contributed by atoms with Gasteiger partial charge in [0, 0.05) is 10.6 Å². The lowest BCUT2D eigenvalue weighted by molar-refractivity contribution is 0.290. The number of ether oxygens (including phenoxy) is 1. The van der Waals surface area contributed by atoms with E-state index >= 15 is 0 Å².